The summed E-state index contributed by atoms with van der Waals surface area (Å²) >= 11 is 0. The summed E-state index contributed by atoms with van der Waals surface area (Å²) in [5.74, 6) is -4.90. The van der Waals surface area contributed by atoms with E-state index in [9.17, 15) is 51.6 Å². The van der Waals surface area contributed by atoms with Gasteiger partial charge in [-0.2, -0.15) is 8.42 Å². The first-order valence-corrected chi connectivity index (χ1v) is 50.9. The van der Waals surface area contributed by atoms with E-state index >= 15 is 4.79 Å². The Morgan fingerprint density at radius 2 is 1.05 bits per heavy atom. The average Bonchev–Trinajstić information content (AvgIpc) is 1.14. The van der Waals surface area contributed by atoms with E-state index in [1.807, 2.05) is 66.2 Å². The van der Waals surface area contributed by atoms with Gasteiger partial charge in [0.1, 0.15) is 36.5 Å². The Labute approximate surface area is 806 Å². The Morgan fingerprint density at radius 1 is 0.504 bits per heavy atom. The van der Waals surface area contributed by atoms with Crippen molar-refractivity contribution in [3.05, 3.63) is 135 Å². The lowest BCUT2D eigenvalue weighted by Crippen LogP contribution is -2.60. The van der Waals surface area contributed by atoms with Gasteiger partial charge in [-0.05, 0) is 208 Å². The lowest BCUT2D eigenvalue weighted by atomic mass is 9.49. The Bertz CT molecular complexity index is 4980. The summed E-state index contributed by atoms with van der Waals surface area (Å²) in [7, 11) is -4.15. The minimum atomic E-state index is -4.15. The maximum Gasteiger partial charge on any atom is 0.266 e. The molecule has 11 N–H and O–H groups in total. The zero-order chi connectivity index (χ0) is 98.0. The molecule has 0 saturated heterocycles. The first-order chi connectivity index (χ1) is 65.9. The largest absolute Gasteiger partial charge is 0.399 e. The van der Waals surface area contributed by atoms with Crippen LogP contribution in [0.3, 0.4) is 0 Å². The molecule has 1 aliphatic heterocycles. The van der Waals surface area contributed by atoms with Crippen molar-refractivity contribution in [2.75, 3.05) is 154 Å². The third kappa shape index (κ3) is 31.1. The van der Waals surface area contributed by atoms with E-state index in [-0.39, 0.29) is 171 Å². The van der Waals surface area contributed by atoms with E-state index in [0.717, 1.165) is 117 Å². The SMILES string of the molecule is CC(C)[C@H](NC(=O)[C@@H](CCCCNC(=O)COC1CCCCCc2c1nnn2CCOCCOCCOCCOCCC(=O)NCCS(=O)(=O)O)NC(=O)CCOCCOCCOCCOCCNC(=O)CCC(=O)N1Cc2ccccc2CCc2ccccc21)C(=O)N[C@@H](C)C(=O)Nc1ccc2c(c1)[C@@]1(C)CCC[C@](C)(C(=O)NC(=O)[C@@]3(C)CCC[C@]4(C)c5cc(N)ccc5CC[C@@H]34)[C@@H]1CC2. The number of para-hydroxylation sites is 1. The summed E-state index contributed by atoms with van der Waals surface area (Å²) in [4.78, 5) is 140. The molecule has 2 fully saturated rings. The van der Waals surface area contributed by atoms with Crippen LogP contribution in [0.25, 0.3) is 0 Å². The highest BCUT2D eigenvalue weighted by atomic mass is 32.2. The van der Waals surface area contributed by atoms with Crippen LogP contribution in [-0.2, 0) is 157 Å². The van der Waals surface area contributed by atoms with Gasteiger partial charge in [0, 0.05) is 62.4 Å². The number of aryl methyl sites for hydroxylation is 4. The molecule has 6 aliphatic rings. The Hall–Kier alpha value is -9.73. The van der Waals surface area contributed by atoms with Crippen LogP contribution >= 0.6 is 0 Å². The zero-order valence-corrected chi connectivity index (χ0v) is 82.0. The topological polar surface area (TPSA) is 464 Å². The van der Waals surface area contributed by atoms with Gasteiger partial charge >= 0.3 is 0 Å². The maximum atomic E-state index is 15.0. The van der Waals surface area contributed by atoms with Crippen molar-refractivity contribution in [2.45, 2.75) is 251 Å². The molecule has 5 aromatic rings. The number of ether oxygens (including phenoxy) is 9. The molecule has 0 spiro atoms. The minimum Gasteiger partial charge on any atom is -0.399 e. The number of nitrogen functional groups attached to an aromatic ring is 1. The van der Waals surface area contributed by atoms with E-state index in [1.54, 1.807) is 25.7 Å². The second-order valence-corrected chi connectivity index (χ2v) is 39.9. The number of amides is 10. The van der Waals surface area contributed by atoms with Crippen molar-refractivity contribution in [3.8, 4) is 0 Å². The fourth-order valence-corrected chi connectivity index (χ4v) is 21.1. The van der Waals surface area contributed by atoms with Gasteiger partial charge in [-0.25, -0.2) is 4.68 Å². The monoisotopic (exact) mass is 1930 g/mol. The van der Waals surface area contributed by atoms with Crippen molar-refractivity contribution < 1.29 is 104 Å². The van der Waals surface area contributed by atoms with Crippen molar-refractivity contribution >= 4 is 86.3 Å². The number of nitrogens with two attached hydrogens (primary N) is 1. The molecule has 0 radical (unpaired) electrons. The molecule has 754 valence electrons. The number of hydrogen-bond acceptors (Lipinski definition) is 24. The number of imide groups is 1. The summed E-state index contributed by atoms with van der Waals surface area (Å²) in [6.45, 7) is 18.7. The molecule has 2 saturated carbocycles. The number of aromatic nitrogens is 3. The summed E-state index contributed by atoms with van der Waals surface area (Å²) in [6, 6.07) is 24.8. The second kappa shape index (κ2) is 53.0. The summed E-state index contributed by atoms with van der Waals surface area (Å²) in [6.07, 6.45) is 14.1. The molecule has 1 unspecified atom stereocenters. The van der Waals surface area contributed by atoms with E-state index in [4.69, 9.17) is 52.9 Å². The zero-order valence-electron chi connectivity index (χ0n) is 81.2. The lowest BCUT2D eigenvalue weighted by Gasteiger charge is -2.56. The van der Waals surface area contributed by atoms with E-state index in [2.05, 4.69) is 104 Å². The fourth-order valence-electron chi connectivity index (χ4n) is 20.8. The molecule has 35 nitrogen and oxygen atoms in total. The number of hydrogen-bond donors (Lipinski definition) is 10. The molecule has 2 heterocycles. The summed E-state index contributed by atoms with van der Waals surface area (Å²) < 4.78 is 83.6. The quantitative estimate of drug-likeness (QED) is 0.00753. The normalized spacial score (nSPS) is 21.2. The van der Waals surface area contributed by atoms with Crippen LogP contribution in [0, 0.1) is 28.6 Å². The molecule has 10 atom stereocenters. The van der Waals surface area contributed by atoms with Gasteiger partial charge in [0.25, 0.3) is 10.1 Å². The molecular weight excluding hydrogens is 1780 g/mol. The summed E-state index contributed by atoms with van der Waals surface area (Å²) in [5.41, 5.74) is 15.8. The van der Waals surface area contributed by atoms with Gasteiger partial charge < -0.3 is 90.5 Å². The third-order valence-corrected chi connectivity index (χ3v) is 29.0. The predicted molar refractivity (Wildman–Crippen MR) is 514 cm³/mol. The minimum absolute atomic E-state index is 0.00184. The fraction of sp³-hybridized carbons (Fsp3) is 0.644. The van der Waals surface area contributed by atoms with Gasteiger partial charge in [-0.15, -0.1) is 5.10 Å². The Balaban J connectivity index is 0.609. The number of nitrogens with one attached hydrogen (secondary N) is 8. The van der Waals surface area contributed by atoms with Gasteiger partial charge in [0.2, 0.25) is 59.1 Å². The number of fused-ring (bicyclic) bond motifs is 9. The Kier molecular flexibility index (Phi) is 41.7. The van der Waals surface area contributed by atoms with Crippen LogP contribution in [0.2, 0.25) is 0 Å². The molecule has 36 heteroatoms. The second-order valence-electron chi connectivity index (χ2n) is 38.4. The van der Waals surface area contributed by atoms with Crippen LogP contribution in [-0.4, -0.2) is 243 Å². The smallest absolute Gasteiger partial charge is 0.266 e. The Morgan fingerprint density at radius 3 is 1.68 bits per heavy atom. The number of rotatable bonds is 54. The highest BCUT2D eigenvalue weighted by Gasteiger charge is 2.59. The van der Waals surface area contributed by atoms with Crippen molar-refractivity contribution in [1.29, 1.82) is 0 Å². The van der Waals surface area contributed by atoms with Crippen LogP contribution < -0.4 is 53.2 Å². The lowest BCUT2D eigenvalue weighted by molar-refractivity contribution is -0.150. The van der Waals surface area contributed by atoms with Crippen LogP contribution in [0.1, 0.15) is 227 Å². The van der Waals surface area contributed by atoms with Crippen molar-refractivity contribution in [2.24, 2.45) is 28.6 Å². The molecule has 11 rings (SSSR count). The van der Waals surface area contributed by atoms with Gasteiger partial charge in [0.15, 0.2) is 0 Å². The van der Waals surface area contributed by atoms with Crippen LogP contribution in [0.5, 0.6) is 0 Å². The van der Waals surface area contributed by atoms with Crippen molar-refractivity contribution in [1.82, 2.24) is 52.2 Å². The highest BCUT2D eigenvalue weighted by molar-refractivity contribution is 7.85. The molecular formula is C101H147N13O22S. The third-order valence-electron chi connectivity index (χ3n) is 28.3. The molecule has 4 aromatic carbocycles. The average molecular weight is 1930 g/mol. The number of nitrogens with zero attached hydrogens (tertiary/aromatic N) is 4. The van der Waals surface area contributed by atoms with E-state index < -0.39 is 91.8 Å². The maximum absolute atomic E-state index is 15.0. The number of benzene rings is 4. The highest BCUT2D eigenvalue weighted by Crippen LogP contribution is 2.60. The standard InChI is InChI=1S/C101H147N13O22S/c1-69(2)91(95(122)106-70(3)93(120)107-77-33-29-73-31-35-85-99(5,79(73)66-77)41-18-43-101(85,7)97(124)110-96(123)100(6)42-17-40-98(4)78-65-76(102)32-28-72(78)30-34-84(98)100)109-94(121)80(108-88(117)39-49-129-53-57-133-60-62-134-58-54-130-50-45-104-86(115)36-37-90(119)113-67-75-21-12-11-19-71(75)26-27-74-20-13-14-23-81(74)113)22-15-16-44-103-89(118)68-136-83-25-10-8-9-24-82-92(83)111-112-114(82)47-51-131-55-59-135-63-61-132-56-52-128-48-38-87(116)105-46-64-137(125,126)127/h11-14,19-21,23,28-29,32-33,65-66,69-70,80,83-85,91H,8-10,15-18,22,24-27,30-31,34-64,67-68,102H2,1-7H3,(H,103,118)(H,104,115)(H,105,116)(H,106,122)(H,107,120)(H,108,117)(H,109,121)(H,110,123,124)(H,125,126,127)/t70-,80+,83?,84+,85+,91-,98+,99+,100-,101-/m0/s1. The van der Waals surface area contributed by atoms with Gasteiger partial charge in [0.05, 0.1) is 141 Å². The molecule has 0 bridgehead atoms. The summed E-state index contributed by atoms with van der Waals surface area (Å²) in [5, 5.41) is 31.8. The molecule has 10 amide bonds. The first-order valence-electron chi connectivity index (χ1n) is 49.3. The van der Waals surface area contributed by atoms with E-state index in [1.165, 1.54) is 16.7 Å². The number of anilines is 3. The predicted octanol–water partition coefficient (Wildman–Crippen LogP) is 8.60. The van der Waals surface area contributed by atoms with Crippen molar-refractivity contribution in [3.63, 3.8) is 0 Å². The molecule has 5 aliphatic carbocycles. The number of unbranched alkanes of at least 4 members (excludes halogenated alkanes) is 1. The van der Waals surface area contributed by atoms with E-state index in [0.29, 0.717) is 108 Å². The molecule has 137 heavy (non-hydrogen) atoms. The van der Waals surface area contributed by atoms with Crippen LogP contribution in [0.15, 0.2) is 84.9 Å². The number of carbonyl (C=O) groups is 10. The molecule has 1 aromatic heterocycles. The first kappa shape index (κ1) is 108. The van der Waals surface area contributed by atoms with Gasteiger partial charge in [-0.3, -0.25) is 57.8 Å². The number of carbonyl (C=O) groups excluding carboxylic acids is 10. The van der Waals surface area contributed by atoms with Crippen LogP contribution in [0.4, 0.5) is 17.1 Å². The van der Waals surface area contributed by atoms with Gasteiger partial charge in [-0.1, -0.05) is 127 Å².